The van der Waals surface area contributed by atoms with E-state index in [0.29, 0.717) is 11.5 Å². The van der Waals surface area contributed by atoms with Crippen LogP contribution in [0.1, 0.15) is 34.3 Å². The van der Waals surface area contributed by atoms with E-state index in [1.807, 2.05) is 30.3 Å². The molecular formula is C20H24N2O2. The van der Waals surface area contributed by atoms with Crippen LogP contribution in [0.2, 0.25) is 0 Å². The van der Waals surface area contributed by atoms with Gasteiger partial charge in [0.25, 0.3) is 0 Å². The SMILES string of the molecule is NC(=O)c1ccc(CN(Cc2ccccc2)C(CO)C2CC2)cc1. The van der Waals surface area contributed by atoms with Crippen LogP contribution in [0.3, 0.4) is 0 Å². The molecule has 0 aromatic heterocycles. The van der Waals surface area contributed by atoms with Crippen LogP contribution in [-0.2, 0) is 13.1 Å². The van der Waals surface area contributed by atoms with E-state index in [4.69, 9.17) is 5.73 Å². The van der Waals surface area contributed by atoms with Crippen molar-refractivity contribution in [2.24, 2.45) is 11.7 Å². The molecular weight excluding hydrogens is 300 g/mol. The maximum Gasteiger partial charge on any atom is 0.248 e. The first kappa shape index (κ1) is 16.7. The van der Waals surface area contributed by atoms with Crippen LogP contribution in [0, 0.1) is 5.92 Å². The highest BCUT2D eigenvalue weighted by atomic mass is 16.3. The molecule has 1 saturated carbocycles. The molecule has 1 aliphatic carbocycles. The summed E-state index contributed by atoms with van der Waals surface area (Å²) in [5.41, 5.74) is 8.19. The second-order valence-electron chi connectivity index (χ2n) is 6.54. The molecule has 0 heterocycles. The second-order valence-corrected chi connectivity index (χ2v) is 6.54. The third-order valence-corrected chi connectivity index (χ3v) is 4.67. The molecule has 1 atom stereocenters. The lowest BCUT2D eigenvalue weighted by Crippen LogP contribution is -2.38. The van der Waals surface area contributed by atoms with Gasteiger partial charge in [-0.25, -0.2) is 0 Å². The van der Waals surface area contributed by atoms with Crippen LogP contribution < -0.4 is 5.73 Å². The lowest BCUT2D eigenvalue weighted by molar-refractivity contribution is 0.0945. The van der Waals surface area contributed by atoms with Gasteiger partial charge in [0.15, 0.2) is 0 Å². The number of amides is 1. The van der Waals surface area contributed by atoms with Crippen molar-refractivity contribution in [1.82, 2.24) is 4.90 Å². The fourth-order valence-electron chi connectivity index (χ4n) is 3.16. The Bertz CT molecular complexity index is 666. The summed E-state index contributed by atoms with van der Waals surface area (Å²) in [6.07, 6.45) is 2.38. The summed E-state index contributed by atoms with van der Waals surface area (Å²) < 4.78 is 0. The molecule has 0 saturated heterocycles. The molecule has 3 N–H and O–H groups in total. The van der Waals surface area contributed by atoms with Gasteiger partial charge in [-0.2, -0.15) is 0 Å². The average Bonchev–Trinajstić information content (AvgIpc) is 3.42. The molecule has 3 rings (SSSR count). The number of nitrogens with two attached hydrogens (primary N) is 1. The average molecular weight is 324 g/mol. The van der Waals surface area contributed by atoms with Crippen molar-refractivity contribution in [2.45, 2.75) is 32.0 Å². The number of primary amides is 1. The van der Waals surface area contributed by atoms with Crippen molar-refractivity contribution in [3.63, 3.8) is 0 Å². The Morgan fingerprint density at radius 2 is 1.62 bits per heavy atom. The number of carbonyl (C=O) groups is 1. The summed E-state index contributed by atoms with van der Waals surface area (Å²) in [4.78, 5) is 13.5. The van der Waals surface area contributed by atoms with E-state index in [0.717, 1.165) is 18.7 Å². The third kappa shape index (κ3) is 4.22. The summed E-state index contributed by atoms with van der Waals surface area (Å²) in [5, 5.41) is 9.88. The molecule has 2 aromatic rings. The maximum absolute atomic E-state index is 11.2. The molecule has 0 bridgehead atoms. The fourth-order valence-corrected chi connectivity index (χ4v) is 3.16. The van der Waals surface area contributed by atoms with Gasteiger partial charge in [-0.05, 0) is 42.0 Å². The number of benzene rings is 2. The molecule has 24 heavy (non-hydrogen) atoms. The van der Waals surface area contributed by atoms with Gasteiger partial charge in [-0.3, -0.25) is 9.69 Å². The Labute approximate surface area is 142 Å². The Balaban J connectivity index is 1.77. The zero-order valence-corrected chi connectivity index (χ0v) is 13.8. The van der Waals surface area contributed by atoms with Gasteiger partial charge in [0.05, 0.1) is 6.61 Å². The van der Waals surface area contributed by atoms with Crippen molar-refractivity contribution in [1.29, 1.82) is 0 Å². The summed E-state index contributed by atoms with van der Waals surface area (Å²) in [7, 11) is 0. The van der Waals surface area contributed by atoms with Crippen LogP contribution in [0.15, 0.2) is 54.6 Å². The fraction of sp³-hybridized carbons (Fsp3) is 0.350. The summed E-state index contributed by atoms with van der Waals surface area (Å²) in [6.45, 7) is 1.73. The van der Waals surface area contributed by atoms with Gasteiger partial charge in [0.1, 0.15) is 0 Å². The molecule has 4 heteroatoms. The number of aliphatic hydroxyl groups excluding tert-OH is 1. The Morgan fingerprint density at radius 1 is 1.04 bits per heavy atom. The van der Waals surface area contributed by atoms with E-state index in [9.17, 15) is 9.90 Å². The Morgan fingerprint density at radius 3 is 2.12 bits per heavy atom. The smallest absolute Gasteiger partial charge is 0.248 e. The van der Waals surface area contributed by atoms with Crippen LogP contribution >= 0.6 is 0 Å². The molecule has 1 fully saturated rings. The largest absolute Gasteiger partial charge is 0.395 e. The molecule has 1 amide bonds. The van der Waals surface area contributed by atoms with Gasteiger partial charge >= 0.3 is 0 Å². The van der Waals surface area contributed by atoms with Gasteiger partial charge in [0, 0.05) is 24.7 Å². The molecule has 1 aliphatic rings. The lowest BCUT2D eigenvalue weighted by atomic mass is 10.1. The molecule has 0 radical (unpaired) electrons. The first-order chi connectivity index (χ1) is 11.7. The van der Waals surface area contributed by atoms with Crippen LogP contribution in [0.5, 0.6) is 0 Å². The van der Waals surface area contributed by atoms with E-state index in [-0.39, 0.29) is 12.6 Å². The summed E-state index contributed by atoms with van der Waals surface area (Å²) in [5.74, 6) is 0.178. The van der Waals surface area contributed by atoms with E-state index >= 15 is 0 Å². The number of aliphatic hydroxyl groups is 1. The zero-order chi connectivity index (χ0) is 16.9. The topological polar surface area (TPSA) is 66.6 Å². The second kappa shape index (κ2) is 7.60. The van der Waals surface area contributed by atoms with Crippen LogP contribution in [0.4, 0.5) is 0 Å². The minimum Gasteiger partial charge on any atom is -0.395 e. The predicted molar refractivity (Wildman–Crippen MR) is 94.2 cm³/mol. The number of nitrogens with zero attached hydrogens (tertiary/aromatic N) is 1. The monoisotopic (exact) mass is 324 g/mol. The van der Waals surface area contributed by atoms with E-state index < -0.39 is 5.91 Å². The molecule has 126 valence electrons. The molecule has 1 unspecified atom stereocenters. The molecule has 2 aromatic carbocycles. The lowest BCUT2D eigenvalue weighted by Gasteiger charge is -2.31. The van der Waals surface area contributed by atoms with Gasteiger partial charge < -0.3 is 10.8 Å². The van der Waals surface area contributed by atoms with Crippen LogP contribution in [-0.4, -0.2) is 28.6 Å². The van der Waals surface area contributed by atoms with Gasteiger partial charge in [-0.1, -0.05) is 42.5 Å². The molecule has 0 aliphatic heterocycles. The van der Waals surface area contributed by atoms with E-state index in [1.165, 1.54) is 18.4 Å². The van der Waals surface area contributed by atoms with Crippen molar-refractivity contribution in [3.05, 3.63) is 71.3 Å². The zero-order valence-electron chi connectivity index (χ0n) is 13.8. The highest BCUT2D eigenvalue weighted by Crippen LogP contribution is 2.36. The first-order valence-electron chi connectivity index (χ1n) is 8.45. The highest BCUT2D eigenvalue weighted by molar-refractivity contribution is 5.92. The quantitative estimate of drug-likeness (QED) is 0.784. The normalized spacial score (nSPS) is 15.4. The van der Waals surface area contributed by atoms with Gasteiger partial charge in [-0.15, -0.1) is 0 Å². The minimum atomic E-state index is -0.408. The molecule has 0 spiro atoms. The van der Waals surface area contributed by atoms with Gasteiger partial charge in [0.2, 0.25) is 5.91 Å². The Hall–Kier alpha value is -2.17. The standard InChI is InChI=1S/C20H24N2O2/c21-20(24)18-8-6-16(7-9-18)13-22(19(14-23)17-10-11-17)12-15-4-2-1-3-5-15/h1-9,17,19,23H,10-14H2,(H2,21,24). The van der Waals surface area contributed by atoms with Crippen molar-refractivity contribution in [2.75, 3.05) is 6.61 Å². The number of rotatable bonds is 8. The van der Waals surface area contributed by atoms with E-state index in [2.05, 4.69) is 17.0 Å². The predicted octanol–water partition coefficient (Wildman–Crippen LogP) is 2.56. The van der Waals surface area contributed by atoms with E-state index in [1.54, 1.807) is 12.1 Å². The maximum atomic E-state index is 11.2. The number of hydrogen-bond acceptors (Lipinski definition) is 3. The highest BCUT2D eigenvalue weighted by Gasteiger charge is 2.34. The summed E-state index contributed by atoms with van der Waals surface area (Å²) in [6, 6.07) is 17.9. The Kier molecular flexibility index (Phi) is 5.28. The molecule has 4 nitrogen and oxygen atoms in total. The minimum absolute atomic E-state index is 0.177. The number of carbonyl (C=O) groups excluding carboxylic acids is 1. The number of hydrogen-bond donors (Lipinski definition) is 2. The van der Waals surface area contributed by atoms with Crippen molar-refractivity contribution in [3.8, 4) is 0 Å². The van der Waals surface area contributed by atoms with Crippen molar-refractivity contribution < 1.29 is 9.90 Å². The third-order valence-electron chi connectivity index (χ3n) is 4.67. The van der Waals surface area contributed by atoms with Crippen molar-refractivity contribution >= 4 is 5.91 Å². The van der Waals surface area contributed by atoms with Crippen LogP contribution in [0.25, 0.3) is 0 Å². The first-order valence-corrected chi connectivity index (χ1v) is 8.45. The summed E-state index contributed by atoms with van der Waals surface area (Å²) >= 11 is 0.